The van der Waals surface area contributed by atoms with Crippen molar-refractivity contribution in [2.75, 3.05) is 17.7 Å². The molecule has 0 saturated heterocycles. The Hall–Kier alpha value is -2.53. The molecule has 24 heavy (non-hydrogen) atoms. The number of nitrogens with one attached hydrogen (secondary N) is 2. The van der Waals surface area contributed by atoms with E-state index in [9.17, 15) is 10.1 Å². The molecule has 2 N–H and O–H groups in total. The molecule has 0 aromatic heterocycles. The van der Waals surface area contributed by atoms with Crippen molar-refractivity contribution in [2.24, 2.45) is 0 Å². The zero-order chi connectivity index (χ0) is 17.5. The Labute approximate surface area is 154 Å². The number of carbonyl (C=O) groups is 1. The molecular formula is C18H16IN3O2. The fourth-order valence-electron chi connectivity index (χ4n) is 1.96. The molecule has 0 radical (unpaired) electrons. The van der Waals surface area contributed by atoms with E-state index in [-0.39, 0.29) is 5.57 Å². The van der Waals surface area contributed by atoms with E-state index in [1.807, 2.05) is 43.3 Å². The molecule has 0 heterocycles. The van der Waals surface area contributed by atoms with Crippen LogP contribution in [-0.2, 0) is 4.79 Å². The van der Waals surface area contributed by atoms with Gasteiger partial charge < -0.3 is 15.4 Å². The quantitative estimate of drug-likeness (QED) is 0.424. The molecule has 0 aliphatic rings. The first-order valence-corrected chi connectivity index (χ1v) is 8.19. The van der Waals surface area contributed by atoms with Crippen LogP contribution in [0.2, 0.25) is 0 Å². The Morgan fingerprint density at radius 3 is 2.58 bits per heavy atom. The summed E-state index contributed by atoms with van der Waals surface area (Å²) in [5, 5.41) is 14.9. The van der Waals surface area contributed by atoms with Crippen molar-refractivity contribution in [3.05, 3.63) is 63.4 Å². The zero-order valence-corrected chi connectivity index (χ0v) is 15.4. The number of ether oxygens (including phenoxy) is 1. The number of methoxy groups -OCH3 is 1. The monoisotopic (exact) mass is 433 g/mol. The molecular weight excluding hydrogens is 417 g/mol. The molecule has 0 aliphatic carbocycles. The van der Waals surface area contributed by atoms with Gasteiger partial charge in [0, 0.05) is 15.5 Å². The maximum atomic E-state index is 12.3. The number of rotatable bonds is 5. The highest BCUT2D eigenvalue weighted by molar-refractivity contribution is 14.1. The molecule has 122 valence electrons. The van der Waals surface area contributed by atoms with Gasteiger partial charge in [-0.2, -0.15) is 5.26 Å². The minimum atomic E-state index is -0.501. The van der Waals surface area contributed by atoms with Crippen LogP contribution in [-0.4, -0.2) is 13.0 Å². The Morgan fingerprint density at radius 1 is 1.25 bits per heavy atom. The van der Waals surface area contributed by atoms with Gasteiger partial charge in [-0.3, -0.25) is 4.79 Å². The average molecular weight is 433 g/mol. The van der Waals surface area contributed by atoms with Crippen molar-refractivity contribution in [3.63, 3.8) is 0 Å². The molecule has 0 atom stereocenters. The first-order valence-electron chi connectivity index (χ1n) is 7.12. The number of benzene rings is 2. The number of nitriles is 1. The molecule has 0 spiro atoms. The van der Waals surface area contributed by atoms with Gasteiger partial charge in [0.25, 0.3) is 5.91 Å². The summed E-state index contributed by atoms with van der Waals surface area (Å²) in [4.78, 5) is 12.3. The third-order valence-electron chi connectivity index (χ3n) is 3.20. The SMILES string of the molecule is COc1ccc(C)cc1NC(=O)/C(C#N)=C\Nc1ccc(I)cc1. The predicted molar refractivity (Wildman–Crippen MR) is 103 cm³/mol. The number of aryl methyl sites for hydroxylation is 1. The maximum Gasteiger partial charge on any atom is 0.267 e. The summed E-state index contributed by atoms with van der Waals surface area (Å²) in [5.41, 5.74) is 2.27. The largest absolute Gasteiger partial charge is 0.495 e. The lowest BCUT2D eigenvalue weighted by atomic mass is 10.2. The van der Waals surface area contributed by atoms with E-state index in [1.54, 1.807) is 12.1 Å². The van der Waals surface area contributed by atoms with Crippen molar-refractivity contribution in [1.82, 2.24) is 0 Å². The van der Waals surface area contributed by atoms with Crippen molar-refractivity contribution in [2.45, 2.75) is 6.92 Å². The van der Waals surface area contributed by atoms with Crippen molar-refractivity contribution in [3.8, 4) is 11.8 Å². The van der Waals surface area contributed by atoms with Gasteiger partial charge in [0.05, 0.1) is 12.8 Å². The van der Waals surface area contributed by atoms with Gasteiger partial charge in [-0.05, 0) is 71.5 Å². The summed E-state index contributed by atoms with van der Waals surface area (Å²) in [7, 11) is 1.53. The lowest BCUT2D eigenvalue weighted by molar-refractivity contribution is -0.112. The molecule has 0 fully saturated rings. The standard InChI is InChI=1S/C18H16IN3O2/c1-12-3-8-17(24-2)16(9-12)22-18(23)13(10-20)11-21-15-6-4-14(19)5-7-15/h3-9,11,21H,1-2H3,(H,22,23)/b13-11-. The molecule has 5 nitrogen and oxygen atoms in total. The third-order valence-corrected chi connectivity index (χ3v) is 3.91. The Morgan fingerprint density at radius 2 is 1.96 bits per heavy atom. The Balaban J connectivity index is 2.14. The maximum absolute atomic E-state index is 12.3. The van der Waals surface area contributed by atoms with E-state index in [1.165, 1.54) is 13.3 Å². The van der Waals surface area contributed by atoms with Crippen molar-refractivity contribution < 1.29 is 9.53 Å². The minimum Gasteiger partial charge on any atom is -0.495 e. The van der Waals surface area contributed by atoms with E-state index >= 15 is 0 Å². The highest BCUT2D eigenvalue weighted by Crippen LogP contribution is 2.25. The van der Waals surface area contributed by atoms with Gasteiger partial charge in [-0.25, -0.2) is 0 Å². The zero-order valence-electron chi connectivity index (χ0n) is 13.3. The second-order valence-corrected chi connectivity index (χ2v) is 6.22. The normalized spacial score (nSPS) is 10.7. The summed E-state index contributed by atoms with van der Waals surface area (Å²) in [6, 6.07) is 14.9. The topological polar surface area (TPSA) is 74.1 Å². The van der Waals surface area contributed by atoms with E-state index in [0.29, 0.717) is 11.4 Å². The van der Waals surface area contributed by atoms with E-state index in [0.717, 1.165) is 14.8 Å². The number of hydrogen-bond donors (Lipinski definition) is 2. The van der Waals surface area contributed by atoms with Gasteiger partial charge in [-0.15, -0.1) is 0 Å². The van der Waals surface area contributed by atoms with Crippen molar-refractivity contribution in [1.29, 1.82) is 5.26 Å². The lowest BCUT2D eigenvalue weighted by Gasteiger charge is -2.10. The second-order valence-electron chi connectivity index (χ2n) is 4.98. The third kappa shape index (κ3) is 4.73. The fourth-order valence-corrected chi connectivity index (χ4v) is 2.32. The molecule has 0 bridgehead atoms. The van der Waals surface area contributed by atoms with Crippen LogP contribution in [0.5, 0.6) is 5.75 Å². The van der Waals surface area contributed by atoms with E-state index in [4.69, 9.17) is 4.74 Å². The van der Waals surface area contributed by atoms with Crippen molar-refractivity contribution >= 4 is 39.9 Å². The predicted octanol–water partition coefficient (Wildman–Crippen LogP) is 4.07. The van der Waals surface area contributed by atoms with E-state index in [2.05, 4.69) is 33.2 Å². The molecule has 1 amide bonds. The van der Waals surface area contributed by atoms with Crippen LogP contribution in [0, 0.1) is 21.8 Å². The van der Waals surface area contributed by atoms with Gasteiger partial charge in [0.15, 0.2) is 0 Å². The Bertz CT molecular complexity index is 808. The lowest BCUT2D eigenvalue weighted by Crippen LogP contribution is -2.15. The molecule has 0 saturated carbocycles. The molecule has 2 aromatic rings. The van der Waals surface area contributed by atoms with Crippen LogP contribution in [0.25, 0.3) is 0 Å². The molecule has 6 heteroatoms. The highest BCUT2D eigenvalue weighted by atomic mass is 127. The van der Waals surface area contributed by atoms with E-state index < -0.39 is 5.91 Å². The first kappa shape index (κ1) is 17.8. The first-order chi connectivity index (χ1) is 11.5. The fraction of sp³-hybridized carbons (Fsp3) is 0.111. The van der Waals surface area contributed by atoms with Gasteiger partial charge in [-0.1, -0.05) is 6.07 Å². The van der Waals surface area contributed by atoms with Crippen LogP contribution in [0.3, 0.4) is 0 Å². The van der Waals surface area contributed by atoms with Crippen LogP contribution in [0.4, 0.5) is 11.4 Å². The number of halogens is 1. The smallest absolute Gasteiger partial charge is 0.267 e. The summed E-state index contributed by atoms with van der Waals surface area (Å²) in [6.45, 7) is 1.91. The minimum absolute atomic E-state index is 0.0305. The summed E-state index contributed by atoms with van der Waals surface area (Å²) < 4.78 is 6.33. The molecule has 0 aliphatic heterocycles. The molecule has 2 aromatic carbocycles. The van der Waals surface area contributed by atoms with Gasteiger partial charge in [0.2, 0.25) is 0 Å². The van der Waals surface area contributed by atoms with Gasteiger partial charge >= 0.3 is 0 Å². The van der Waals surface area contributed by atoms with Gasteiger partial charge in [0.1, 0.15) is 17.4 Å². The Kier molecular flexibility index (Phi) is 6.21. The number of hydrogen-bond acceptors (Lipinski definition) is 4. The summed E-state index contributed by atoms with van der Waals surface area (Å²) >= 11 is 2.21. The van der Waals surface area contributed by atoms with Crippen LogP contribution < -0.4 is 15.4 Å². The number of amides is 1. The summed E-state index contributed by atoms with van der Waals surface area (Å²) in [6.07, 6.45) is 1.39. The highest BCUT2D eigenvalue weighted by Gasteiger charge is 2.12. The number of carbonyl (C=O) groups excluding carboxylic acids is 1. The molecule has 2 rings (SSSR count). The number of nitrogens with zero attached hydrogens (tertiary/aromatic N) is 1. The summed E-state index contributed by atoms with van der Waals surface area (Å²) in [5.74, 6) is 0.0382. The van der Waals surface area contributed by atoms with Crippen LogP contribution in [0.1, 0.15) is 5.56 Å². The average Bonchev–Trinajstić information content (AvgIpc) is 2.57. The number of anilines is 2. The van der Waals surface area contributed by atoms with Crippen LogP contribution in [0.15, 0.2) is 54.2 Å². The molecule has 0 unspecified atom stereocenters. The van der Waals surface area contributed by atoms with Crippen LogP contribution >= 0.6 is 22.6 Å². The second kappa shape index (κ2) is 8.36.